The fourth-order valence-electron chi connectivity index (χ4n) is 6.21. The lowest BCUT2D eigenvalue weighted by Crippen LogP contribution is -2.51. The predicted molar refractivity (Wildman–Crippen MR) is 193 cm³/mol. The van der Waals surface area contributed by atoms with Gasteiger partial charge in [0.15, 0.2) is 0 Å². The van der Waals surface area contributed by atoms with E-state index in [1.54, 1.807) is 18.2 Å². The maximum atomic E-state index is 13.5. The molecule has 17 heteroatoms. The zero-order valence-corrected chi connectivity index (χ0v) is 30.4. The summed E-state index contributed by atoms with van der Waals surface area (Å²) in [6.45, 7) is 8.00. The van der Waals surface area contributed by atoms with Crippen molar-refractivity contribution in [2.24, 2.45) is 17.1 Å². The Kier molecular flexibility index (Phi) is 26.9. The van der Waals surface area contributed by atoms with Crippen molar-refractivity contribution in [2.45, 2.75) is 57.8 Å². The van der Waals surface area contributed by atoms with Crippen molar-refractivity contribution >= 4 is 70.6 Å². The summed E-state index contributed by atoms with van der Waals surface area (Å²) >= 11 is 25.1. The van der Waals surface area contributed by atoms with E-state index in [-0.39, 0.29) is 80.3 Å². The molecule has 0 saturated carbocycles. The number of carbonyl (C=O) groups excluding carboxylic acids is 2. The minimum Gasteiger partial charge on any atom is -0.412 e. The molecule has 4 rings (SSSR count). The van der Waals surface area contributed by atoms with Crippen LogP contribution >= 0.6 is 58.8 Å². The predicted octanol–water partition coefficient (Wildman–Crippen LogP) is 1.67. The quantitative estimate of drug-likeness (QED) is 0.419. The first-order valence-electron chi connectivity index (χ1n) is 13.6. The van der Waals surface area contributed by atoms with Crippen molar-refractivity contribution in [3.63, 3.8) is 0 Å². The van der Waals surface area contributed by atoms with Gasteiger partial charge in [0.05, 0.1) is 16.5 Å². The van der Waals surface area contributed by atoms with Crippen LogP contribution in [0.4, 0.5) is 0 Å². The number of rotatable bonds is 8. The third-order valence-corrected chi connectivity index (χ3v) is 10.1. The molecule has 16 N–H and O–H groups in total. The second kappa shape index (κ2) is 23.0. The average molecular weight is 776 g/mol. The standard InChI is InChI=1S/C30H37Cl4N3O2.ClH.7H2O/c1-29(2,28(35)39)21-6-11-36(12-7-21)13-9-30(22-4-5-25(33)26(34)17-22)8-3-10-37(19-30)27(38)16-20-14-23(31)18-24(32)15-20;;;;;;;;/h4-5,14-15,17-18,21H,3,6-13,16,19H2,1-2H3,(H2,35,39);1H;7*1H2. The molecule has 47 heavy (non-hydrogen) atoms. The molecule has 2 aliphatic rings. The summed E-state index contributed by atoms with van der Waals surface area (Å²) in [5.74, 6) is 0.122. The van der Waals surface area contributed by atoms with Crippen LogP contribution in [0.1, 0.15) is 57.1 Å². The van der Waals surface area contributed by atoms with Gasteiger partial charge in [-0.25, -0.2) is 0 Å². The van der Waals surface area contributed by atoms with E-state index >= 15 is 0 Å². The number of primary amides is 1. The fraction of sp³-hybridized carbons (Fsp3) is 0.533. The second-order valence-corrected chi connectivity index (χ2v) is 13.4. The zero-order chi connectivity index (χ0) is 28.4. The highest BCUT2D eigenvalue weighted by molar-refractivity contribution is 6.42. The molecule has 2 aromatic carbocycles. The van der Waals surface area contributed by atoms with Gasteiger partial charge in [-0.05, 0) is 99.1 Å². The summed E-state index contributed by atoms with van der Waals surface area (Å²) in [5.41, 5.74) is 6.87. The lowest BCUT2D eigenvalue weighted by Gasteiger charge is -2.45. The molecule has 276 valence electrons. The molecule has 2 amide bonds. The van der Waals surface area contributed by atoms with E-state index in [0.717, 1.165) is 62.9 Å². The lowest BCUT2D eigenvalue weighted by atomic mass is 9.71. The Hall–Kier alpha value is -1.49. The van der Waals surface area contributed by atoms with Crippen LogP contribution < -0.4 is 5.73 Å². The number of hydrogen-bond acceptors (Lipinski definition) is 3. The van der Waals surface area contributed by atoms with Crippen LogP contribution in [-0.2, 0) is 21.4 Å². The monoisotopic (exact) mass is 773 g/mol. The van der Waals surface area contributed by atoms with Gasteiger partial charge in [-0.1, -0.05) is 66.3 Å². The van der Waals surface area contributed by atoms with E-state index in [1.807, 2.05) is 30.9 Å². The van der Waals surface area contributed by atoms with Crippen molar-refractivity contribution in [3.8, 4) is 0 Å². The topological polar surface area (TPSA) is 287 Å². The van der Waals surface area contributed by atoms with Crippen molar-refractivity contribution < 1.29 is 47.9 Å². The molecule has 0 radical (unpaired) electrons. The van der Waals surface area contributed by atoms with Crippen molar-refractivity contribution in [1.82, 2.24) is 9.80 Å². The second-order valence-electron chi connectivity index (χ2n) is 11.7. The minimum absolute atomic E-state index is 0. The molecule has 0 spiro atoms. The largest absolute Gasteiger partial charge is 0.412 e. The SMILES string of the molecule is CC(C)(C(N)=O)C1CCN(CCC2(c3ccc(Cl)c(Cl)c3)CCCN(C(=O)Cc3cc(Cl)cc(Cl)c3)C2)CC1.Cl.O.O.O.O.O.O.O. The van der Waals surface area contributed by atoms with Crippen LogP contribution in [-0.4, -0.2) is 92.7 Å². The van der Waals surface area contributed by atoms with Gasteiger partial charge in [0.2, 0.25) is 11.8 Å². The summed E-state index contributed by atoms with van der Waals surface area (Å²) in [6.07, 6.45) is 4.90. The third-order valence-electron chi connectivity index (χ3n) is 8.89. The Morgan fingerprint density at radius 1 is 0.851 bits per heavy atom. The van der Waals surface area contributed by atoms with Crippen molar-refractivity contribution in [3.05, 3.63) is 67.6 Å². The molecular weight excluding hydrogens is 724 g/mol. The molecule has 0 aromatic heterocycles. The number of halogens is 5. The number of nitrogens with two attached hydrogens (primary N) is 1. The highest BCUT2D eigenvalue weighted by Gasteiger charge is 2.41. The highest BCUT2D eigenvalue weighted by atomic mass is 35.5. The smallest absolute Gasteiger partial charge is 0.227 e. The van der Waals surface area contributed by atoms with E-state index in [4.69, 9.17) is 52.1 Å². The first kappa shape index (κ1) is 54.9. The molecule has 2 saturated heterocycles. The van der Waals surface area contributed by atoms with Crippen LogP contribution in [0.3, 0.4) is 0 Å². The number of carbonyl (C=O) groups is 2. The van der Waals surface area contributed by atoms with Crippen LogP contribution in [0.5, 0.6) is 0 Å². The molecular formula is C30H52Cl5N3O9. The lowest BCUT2D eigenvalue weighted by molar-refractivity contribution is -0.133. The van der Waals surface area contributed by atoms with Gasteiger partial charge in [-0.3, -0.25) is 9.59 Å². The van der Waals surface area contributed by atoms with Crippen molar-refractivity contribution in [2.75, 3.05) is 32.7 Å². The first-order chi connectivity index (χ1) is 18.4. The maximum Gasteiger partial charge on any atom is 0.227 e. The third kappa shape index (κ3) is 13.4. The van der Waals surface area contributed by atoms with Crippen LogP contribution in [0.15, 0.2) is 36.4 Å². The highest BCUT2D eigenvalue weighted by Crippen LogP contribution is 2.41. The van der Waals surface area contributed by atoms with Crippen molar-refractivity contribution in [1.29, 1.82) is 0 Å². The van der Waals surface area contributed by atoms with E-state index < -0.39 is 5.41 Å². The molecule has 2 aliphatic heterocycles. The summed E-state index contributed by atoms with van der Waals surface area (Å²) in [6, 6.07) is 11.1. The Balaban J connectivity index is -0.000000735. The Morgan fingerprint density at radius 2 is 1.40 bits per heavy atom. The van der Waals surface area contributed by atoms with Gasteiger partial charge in [0.25, 0.3) is 0 Å². The van der Waals surface area contributed by atoms with E-state index in [0.29, 0.717) is 33.2 Å². The summed E-state index contributed by atoms with van der Waals surface area (Å²) in [5, 5.41) is 2.10. The number of piperidine rings is 2. The van der Waals surface area contributed by atoms with Gasteiger partial charge < -0.3 is 53.9 Å². The van der Waals surface area contributed by atoms with Crippen LogP contribution in [0.25, 0.3) is 0 Å². The first-order valence-corrected chi connectivity index (χ1v) is 15.1. The molecule has 1 unspecified atom stereocenters. The van der Waals surface area contributed by atoms with Gasteiger partial charge in [-0.2, -0.15) is 0 Å². The van der Waals surface area contributed by atoms with Crippen LogP contribution in [0.2, 0.25) is 20.1 Å². The van der Waals surface area contributed by atoms with E-state index in [9.17, 15) is 9.59 Å². The van der Waals surface area contributed by atoms with Gasteiger partial charge >= 0.3 is 0 Å². The molecule has 2 aromatic rings. The molecule has 0 aliphatic carbocycles. The zero-order valence-electron chi connectivity index (χ0n) is 26.5. The summed E-state index contributed by atoms with van der Waals surface area (Å²) in [7, 11) is 0. The van der Waals surface area contributed by atoms with Gasteiger partial charge in [-0.15, -0.1) is 12.4 Å². The number of likely N-dealkylation sites (tertiary alicyclic amines) is 2. The molecule has 12 nitrogen and oxygen atoms in total. The minimum atomic E-state index is -0.495. The fourth-order valence-corrected chi connectivity index (χ4v) is 7.08. The Labute approximate surface area is 302 Å². The number of benzene rings is 2. The maximum absolute atomic E-state index is 13.5. The normalized spacial score (nSPS) is 17.6. The van der Waals surface area contributed by atoms with Crippen LogP contribution in [0, 0.1) is 11.3 Å². The molecule has 2 fully saturated rings. The van der Waals surface area contributed by atoms with E-state index in [2.05, 4.69) is 11.0 Å². The molecule has 0 bridgehead atoms. The van der Waals surface area contributed by atoms with Gasteiger partial charge in [0, 0.05) is 34.0 Å². The molecule has 1 atom stereocenters. The number of amides is 2. The Morgan fingerprint density at radius 3 is 1.91 bits per heavy atom. The summed E-state index contributed by atoms with van der Waals surface area (Å²) in [4.78, 5) is 29.9. The summed E-state index contributed by atoms with van der Waals surface area (Å²) < 4.78 is 0. The average Bonchev–Trinajstić information content (AvgIpc) is 2.88. The number of nitrogens with zero attached hydrogens (tertiary/aromatic N) is 2. The number of hydrogen-bond donors (Lipinski definition) is 1. The van der Waals surface area contributed by atoms with Gasteiger partial charge in [0.1, 0.15) is 0 Å². The Bertz CT molecular complexity index is 1220. The van der Waals surface area contributed by atoms with E-state index in [1.165, 1.54) is 0 Å². The molecule has 2 heterocycles.